The first-order chi connectivity index (χ1) is 9.66. The lowest BCUT2D eigenvalue weighted by Crippen LogP contribution is -2.32. The molecule has 0 aliphatic rings. The lowest BCUT2D eigenvalue weighted by atomic mass is 10.4. The summed E-state index contributed by atoms with van der Waals surface area (Å²) < 4.78 is 5.55. The molecule has 0 amide bonds. The van der Waals surface area contributed by atoms with Gasteiger partial charge in [-0.05, 0) is 6.42 Å². The minimum atomic E-state index is -1.06. The van der Waals surface area contributed by atoms with Gasteiger partial charge in [-0.15, -0.1) is 0 Å². The van der Waals surface area contributed by atoms with Gasteiger partial charge in [-0.25, -0.2) is 0 Å². The second kappa shape index (κ2) is 10.9. The van der Waals surface area contributed by atoms with E-state index in [4.69, 9.17) is 9.84 Å². The highest BCUT2D eigenvalue weighted by molar-refractivity contribution is 6.82. The third-order valence-electron chi connectivity index (χ3n) is 3.67. The fourth-order valence-electron chi connectivity index (χ4n) is 2.12. The van der Waals surface area contributed by atoms with Gasteiger partial charge in [0, 0.05) is 35.8 Å². The van der Waals surface area contributed by atoms with Gasteiger partial charge in [-0.1, -0.05) is 50.9 Å². The predicted molar refractivity (Wildman–Crippen MR) is 96.6 cm³/mol. The highest BCUT2D eigenvalue weighted by atomic mass is 28.3. The Balaban J connectivity index is 3.60. The Labute approximate surface area is 133 Å². The minimum absolute atomic E-state index is 0.102. The van der Waals surface area contributed by atoms with Crippen LogP contribution in [0.25, 0.3) is 0 Å². The number of aliphatic hydroxyl groups is 2. The maximum atomic E-state index is 9.65. The van der Waals surface area contributed by atoms with Crippen molar-refractivity contribution in [2.45, 2.75) is 63.4 Å². The van der Waals surface area contributed by atoms with E-state index in [0.29, 0.717) is 19.7 Å². The molecule has 0 saturated carbocycles. The third kappa shape index (κ3) is 15.0. The maximum Gasteiger partial charge on any atom is 0.0897 e. The number of nitrogens with one attached hydrogen (secondary N) is 1. The summed E-state index contributed by atoms with van der Waals surface area (Å²) in [6, 6.07) is 4.20. The van der Waals surface area contributed by atoms with Crippen LogP contribution in [0.1, 0.15) is 6.42 Å². The lowest BCUT2D eigenvalue weighted by molar-refractivity contribution is 0.0369. The molecule has 0 rings (SSSR count). The summed E-state index contributed by atoms with van der Waals surface area (Å²) in [6.45, 7) is 14.6. The molecule has 21 heavy (non-hydrogen) atoms. The minimum Gasteiger partial charge on any atom is -0.395 e. The molecule has 0 radical (unpaired) electrons. The normalized spacial score (nSPS) is 14.4. The zero-order valence-electron chi connectivity index (χ0n) is 14.7. The number of rotatable bonds is 13. The molecular formula is C15H37NO3Si2. The van der Waals surface area contributed by atoms with Crippen LogP contribution in [0, 0.1) is 0 Å². The maximum absolute atomic E-state index is 9.65. The second-order valence-electron chi connectivity index (χ2n) is 7.98. The number of aliphatic hydroxyl groups excluding tert-OH is 2. The summed E-state index contributed by atoms with van der Waals surface area (Å²) in [5.41, 5.74) is 0. The Morgan fingerprint density at radius 3 is 2.29 bits per heavy atom. The summed E-state index contributed by atoms with van der Waals surface area (Å²) in [5, 5.41) is 21.2. The van der Waals surface area contributed by atoms with Crippen LogP contribution >= 0.6 is 0 Å². The van der Waals surface area contributed by atoms with Gasteiger partial charge in [0.2, 0.25) is 0 Å². The van der Waals surface area contributed by atoms with Gasteiger partial charge < -0.3 is 20.3 Å². The fourth-order valence-corrected chi connectivity index (χ4v) is 9.18. The van der Waals surface area contributed by atoms with Gasteiger partial charge in [0.05, 0.1) is 19.3 Å². The van der Waals surface area contributed by atoms with Crippen LogP contribution in [0.3, 0.4) is 0 Å². The van der Waals surface area contributed by atoms with Gasteiger partial charge in [0.15, 0.2) is 0 Å². The first kappa shape index (κ1) is 21.3. The van der Waals surface area contributed by atoms with Crippen LogP contribution in [0.2, 0.25) is 50.9 Å². The van der Waals surface area contributed by atoms with Crippen molar-refractivity contribution in [1.82, 2.24) is 5.32 Å². The van der Waals surface area contributed by atoms with Gasteiger partial charge in [-0.2, -0.15) is 0 Å². The summed E-state index contributed by atoms with van der Waals surface area (Å²) >= 11 is 0. The fraction of sp³-hybridized carbons (Fsp3) is 1.00. The molecule has 4 nitrogen and oxygen atoms in total. The number of ether oxygens (including phenoxy) is 1. The SMILES string of the molecule is C[Si](C)(C)CC[Si](C)(C)CCCOCC(O)CNCCO. The van der Waals surface area contributed by atoms with Gasteiger partial charge in [-0.3, -0.25) is 0 Å². The van der Waals surface area contributed by atoms with Crippen LogP contribution in [0.15, 0.2) is 0 Å². The lowest BCUT2D eigenvalue weighted by Gasteiger charge is -2.26. The Bertz CT molecular complexity index is 258. The largest absolute Gasteiger partial charge is 0.395 e. The molecule has 128 valence electrons. The molecule has 0 fully saturated rings. The molecule has 0 aliphatic carbocycles. The molecule has 1 unspecified atom stereocenters. The third-order valence-corrected chi connectivity index (χ3v) is 9.23. The molecule has 1 atom stereocenters. The Kier molecular flexibility index (Phi) is 11.1. The molecule has 0 aliphatic heterocycles. The summed E-state index contributed by atoms with van der Waals surface area (Å²) in [7, 11) is -1.97. The first-order valence-electron chi connectivity index (χ1n) is 8.24. The van der Waals surface area contributed by atoms with Crippen LogP contribution in [-0.2, 0) is 4.74 Å². The van der Waals surface area contributed by atoms with Crippen molar-refractivity contribution in [3.05, 3.63) is 0 Å². The molecule has 0 aromatic heterocycles. The van der Waals surface area contributed by atoms with Crippen molar-refractivity contribution in [3.63, 3.8) is 0 Å². The van der Waals surface area contributed by atoms with E-state index in [0.717, 1.165) is 13.0 Å². The summed E-state index contributed by atoms with van der Waals surface area (Å²) in [4.78, 5) is 0. The smallest absolute Gasteiger partial charge is 0.0897 e. The van der Waals surface area contributed by atoms with Crippen molar-refractivity contribution in [2.75, 3.05) is 32.9 Å². The molecule has 0 heterocycles. The highest BCUT2D eigenvalue weighted by Gasteiger charge is 2.23. The van der Waals surface area contributed by atoms with Crippen LogP contribution < -0.4 is 5.32 Å². The molecule has 0 aromatic carbocycles. The topological polar surface area (TPSA) is 61.7 Å². The van der Waals surface area contributed by atoms with Crippen molar-refractivity contribution in [1.29, 1.82) is 0 Å². The number of hydrogen-bond acceptors (Lipinski definition) is 4. The quantitative estimate of drug-likeness (QED) is 0.357. The van der Waals surface area contributed by atoms with Crippen molar-refractivity contribution < 1.29 is 14.9 Å². The van der Waals surface area contributed by atoms with Crippen LogP contribution in [0.4, 0.5) is 0 Å². The molecule has 0 spiro atoms. The number of hydrogen-bond donors (Lipinski definition) is 3. The predicted octanol–water partition coefficient (Wildman–Crippen LogP) is 2.38. The van der Waals surface area contributed by atoms with Gasteiger partial charge in [0.25, 0.3) is 0 Å². The Hall–Kier alpha value is 0.274. The molecule has 0 aromatic rings. The van der Waals surface area contributed by atoms with E-state index >= 15 is 0 Å². The van der Waals surface area contributed by atoms with Crippen molar-refractivity contribution >= 4 is 16.1 Å². The van der Waals surface area contributed by atoms with E-state index in [1.807, 2.05) is 0 Å². The van der Waals surface area contributed by atoms with Crippen molar-refractivity contribution in [3.8, 4) is 0 Å². The monoisotopic (exact) mass is 335 g/mol. The van der Waals surface area contributed by atoms with E-state index in [1.165, 1.54) is 18.1 Å². The Morgan fingerprint density at radius 2 is 1.71 bits per heavy atom. The summed E-state index contributed by atoms with van der Waals surface area (Å²) in [6.07, 6.45) is 0.635. The average molecular weight is 336 g/mol. The zero-order valence-corrected chi connectivity index (χ0v) is 16.7. The van der Waals surface area contributed by atoms with Crippen LogP contribution in [-0.4, -0.2) is 65.4 Å². The standard InChI is InChI=1S/C15H37NO3Si2/c1-20(2,3)11-12-21(4,5)10-6-9-19-14-15(18)13-16-7-8-17/h15-18H,6-14H2,1-5H3. The molecule has 0 bridgehead atoms. The summed E-state index contributed by atoms with van der Waals surface area (Å²) in [5.74, 6) is 0. The van der Waals surface area contributed by atoms with Crippen LogP contribution in [0.5, 0.6) is 0 Å². The van der Waals surface area contributed by atoms with E-state index in [1.54, 1.807) is 0 Å². The van der Waals surface area contributed by atoms with Gasteiger partial charge in [0.1, 0.15) is 0 Å². The highest BCUT2D eigenvalue weighted by Crippen LogP contribution is 2.24. The van der Waals surface area contributed by atoms with Gasteiger partial charge >= 0.3 is 0 Å². The molecule has 0 saturated heterocycles. The van der Waals surface area contributed by atoms with E-state index in [-0.39, 0.29) is 6.61 Å². The average Bonchev–Trinajstić information content (AvgIpc) is 2.36. The van der Waals surface area contributed by atoms with E-state index in [2.05, 4.69) is 38.1 Å². The second-order valence-corrected chi connectivity index (χ2v) is 18.9. The zero-order chi connectivity index (χ0) is 16.4. The molecule has 3 N–H and O–H groups in total. The van der Waals surface area contributed by atoms with Crippen molar-refractivity contribution in [2.24, 2.45) is 0 Å². The first-order valence-corrected chi connectivity index (χ1v) is 15.4. The van der Waals surface area contributed by atoms with E-state index < -0.39 is 22.3 Å². The molecule has 6 heteroatoms. The van der Waals surface area contributed by atoms with E-state index in [9.17, 15) is 5.11 Å². The Morgan fingerprint density at radius 1 is 1.05 bits per heavy atom. The molecular weight excluding hydrogens is 298 g/mol.